The van der Waals surface area contributed by atoms with Gasteiger partial charge in [-0.3, -0.25) is 9.59 Å². The van der Waals surface area contributed by atoms with Crippen molar-refractivity contribution in [1.29, 1.82) is 0 Å². The number of amides is 2. The minimum Gasteiger partial charge on any atom is -0.385 e. The van der Waals surface area contributed by atoms with Crippen LogP contribution in [0, 0.1) is 0 Å². The number of para-hydroxylation sites is 1. The van der Waals surface area contributed by atoms with Crippen molar-refractivity contribution in [3.8, 4) is 0 Å². The number of hydrogen-bond donors (Lipinski definition) is 2. The van der Waals surface area contributed by atoms with E-state index in [4.69, 9.17) is 16.3 Å². The van der Waals surface area contributed by atoms with Crippen LogP contribution in [0.2, 0.25) is 0 Å². The van der Waals surface area contributed by atoms with Gasteiger partial charge in [-0.25, -0.2) is 0 Å². The first-order valence-electron chi connectivity index (χ1n) is 6.91. The zero-order chi connectivity index (χ0) is 15.5. The number of rotatable bonds is 9. The molecule has 1 rings (SSSR count). The van der Waals surface area contributed by atoms with E-state index < -0.39 is 0 Å². The summed E-state index contributed by atoms with van der Waals surface area (Å²) in [6.07, 6.45) is 1.69. The molecular formula is C15H21ClN2O3. The van der Waals surface area contributed by atoms with Crippen LogP contribution in [-0.4, -0.2) is 38.0 Å². The van der Waals surface area contributed by atoms with Crippen LogP contribution in [0.15, 0.2) is 24.3 Å². The molecule has 2 N–H and O–H groups in total. The Morgan fingerprint density at radius 3 is 2.71 bits per heavy atom. The van der Waals surface area contributed by atoms with Gasteiger partial charge in [0, 0.05) is 32.6 Å². The Morgan fingerprint density at radius 1 is 1.24 bits per heavy atom. The molecule has 0 saturated heterocycles. The Hall–Kier alpha value is -1.59. The average Bonchev–Trinajstić information content (AvgIpc) is 2.50. The third kappa shape index (κ3) is 6.60. The Bertz CT molecular complexity index is 466. The van der Waals surface area contributed by atoms with Gasteiger partial charge in [-0.1, -0.05) is 12.1 Å². The first kappa shape index (κ1) is 17.5. The fourth-order valence-corrected chi connectivity index (χ4v) is 1.88. The van der Waals surface area contributed by atoms with Crippen LogP contribution in [0.3, 0.4) is 0 Å². The molecule has 0 aromatic heterocycles. The van der Waals surface area contributed by atoms with Crippen LogP contribution < -0.4 is 10.6 Å². The van der Waals surface area contributed by atoms with Crippen LogP contribution in [0.1, 0.15) is 29.6 Å². The predicted molar refractivity (Wildman–Crippen MR) is 83.9 cm³/mol. The molecule has 0 unspecified atom stereocenters. The van der Waals surface area contributed by atoms with Gasteiger partial charge in [0.25, 0.3) is 5.91 Å². The van der Waals surface area contributed by atoms with Crippen LogP contribution in [0.25, 0.3) is 0 Å². The number of methoxy groups -OCH3 is 1. The van der Waals surface area contributed by atoms with Gasteiger partial charge in [0.2, 0.25) is 5.91 Å². The highest BCUT2D eigenvalue weighted by Crippen LogP contribution is 2.15. The van der Waals surface area contributed by atoms with Crippen molar-refractivity contribution in [3.05, 3.63) is 29.8 Å². The second kappa shape index (κ2) is 10.2. The lowest BCUT2D eigenvalue weighted by Crippen LogP contribution is -2.26. The number of carbonyl (C=O) groups excluding carboxylic acids is 2. The molecule has 0 heterocycles. The lowest BCUT2D eigenvalue weighted by Gasteiger charge is -2.11. The van der Waals surface area contributed by atoms with E-state index in [0.29, 0.717) is 43.1 Å². The summed E-state index contributed by atoms with van der Waals surface area (Å²) in [6, 6.07) is 6.93. The van der Waals surface area contributed by atoms with Gasteiger partial charge in [0.15, 0.2) is 0 Å². The monoisotopic (exact) mass is 312 g/mol. The molecule has 1 aromatic carbocycles. The molecule has 0 saturated carbocycles. The number of nitrogens with one attached hydrogen (secondary N) is 2. The van der Waals surface area contributed by atoms with Crippen molar-refractivity contribution in [2.75, 3.05) is 31.5 Å². The third-order valence-corrected chi connectivity index (χ3v) is 3.06. The highest BCUT2D eigenvalue weighted by atomic mass is 35.5. The minimum absolute atomic E-state index is 0.143. The van der Waals surface area contributed by atoms with E-state index in [2.05, 4.69) is 10.6 Å². The van der Waals surface area contributed by atoms with E-state index in [1.54, 1.807) is 31.4 Å². The zero-order valence-corrected chi connectivity index (χ0v) is 12.9. The molecule has 6 heteroatoms. The van der Waals surface area contributed by atoms with Gasteiger partial charge in [0.1, 0.15) is 0 Å². The Balaban J connectivity index is 2.61. The molecule has 21 heavy (non-hydrogen) atoms. The summed E-state index contributed by atoms with van der Waals surface area (Å²) >= 11 is 5.56. The summed E-state index contributed by atoms with van der Waals surface area (Å²) in [4.78, 5) is 23.8. The molecule has 0 spiro atoms. The topological polar surface area (TPSA) is 67.4 Å². The molecule has 0 fully saturated rings. The third-order valence-electron chi connectivity index (χ3n) is 2.79. The van der Waals surface area contributed by atoms with Crippen LogP contribution in [0.5, 0.6) is 0 Å². The molecule has 0 bridgehead atoms. The summed E-state index contributed by atoms with van der Waals surface area (Å²) < 4.78 is 4.92. The lowest BCUT2D eigenvalue weighted by molar-refractivity contribution is -0.116. The number of anilines is 1. The highest BCUT2D eigenvalue weighted by molar-refractivity contribution is 6.18. The van der Waals surface area contributed by atoms with Gasteiger partial charge in [0.05, 0.1) is 11.3 Å². The molecule has 0 radical (unpaired) electrons. The molecule has 0 aliphatic rings. The average molecular weight is 313 g/mol. The fourth-order valence-electron chi connectivity index (χ4n) is 1.74. The largest absolute Gasteiger partial charge is 0.385 e. The molecular weight excluding hydrogens is 292 g/mol. The molecule has 116 valence electrons. The number of benzene rings is 1. The summed E-state index contributed by atoms with van der Waals surface area (Å²) in [6.45, 7) is 1.12. The van der Waals surface area contributed by atoms with Crippen molar-refractivity contribution in [2.24, 2.45) is 0 Å². The van der Waals surface area contributed by atoms with E-state index in [1.807, 2.05) is 0 Å². The van der Waals surface area contributed by atoms with E-state index in [1.165, 1.54) is 0 Å². The smallest absolute Gasteiger partial charge is 0.253 e. The van der Waals surface area contributed by atoms with Gasteiger partial charge in [-0.2, -0.15) is 0 Å². The van der Waals surface area contributed by atoms with Crippen molar-refractivity contribution in [1.82, 2.24) is 5.32 Å². The normalized spacial score (nSPS) is 10.2. The van der Waals surface area contributed by atoms with Crippen molar-refractivity contribution < 1.29 is 14.3 Å². The Labute approximate surface area is 130 Å². The van der Waals surface area contributed by atoms with Crippen LogP contribution in [0.4, 0.5) is 5.69 Å². The number of halogens is 1. The van der Waals surface area contributed by atoms with Crippen molar-refractivity contribution in [2.45, 2.75) is 19.3 Å². The fraction of sp³-hybridized carbons (Fsp3) is 0.467. The Kier molecular flexibility index (Phi) is 8.47. The molecule has 5 nitrogen and oxygen atoms in total. The second-order valence-corrected chi connectivity index (χ2v) is 4.87. The SMILES string of the molecule is COCCCNC(=O)c1ccccc1NC(=O)CCCCl. The first-order chi connectivity index (χ1) is 10.2. The summed E-state index contributed by atoms with van der Waals surface area (Å²) in [5.74, 6) is 0.0873. The summed E-state index contributed by atoms with van der Waals surface area (Å²) in [7, 11) is 1.62. The van der Waals surface area contributed by atoms with Gasteiger partial charge >= 0.3 is 0 Å². The van der Waals surface area contributed by atoms with Gasteiger partial charge in [-0.15, -0.1) is 11.6 Å². The van der Waals surface area contributed by atoms with Crippen molar-refractivity contribution >= 4 is 29.1 Å². The summed E-state index contributed by atoms with van der Waals surface area (Å²) in [5.41, 5.74) is 0.968. The lowest BCUT2D eigenvalue weighted by atomic mass is 10.1. The second-order valence-electron chi connectivity index (χ2n) is 4.49. The number of ether oxygens (including phenoxy) is 1. The van der Waals surface area contributed by atoms with E-state index in [0.717, 1.165) is 6.42 Å². The van der Waals surface area contributed by atoms with Crippen LogP contribution in [-0.2, 0) is 9.53 Å². The van der Waals surface area contributed by atoms with E-state index in [9.17, 15) is 9.59 Å². The Morgan fingerprint density at radius 2 is 2.00 bits per heavy atom. The molecule has 0 aliphatic carbocycles. The number of hydrogen-bond acceptors (Lipinski definition) is 3. The summed E-state index contributed by atoms with van der Waals surface area (Å²) in [5, 5.41) is 5.54. The molecule has 0 atom stereocenters. The van der Waals surface area contributed by atoms with Crippen molar-refractivity contribution in [3.63, 3.8) is 0 Å². The zero-order valence-electron chi connectivity index (χ0n) is 12.2. The maximum Gasteiger partial charge on any atom is 0.253 e. The highest BCUT2D eigenvalue weighted by Gasteiger charge is 2.12. The molecule has 0 aliphatic heterocycles. The van der Waals surface area contributed by atoms with E-state index >= 15 is 0 Å². The maximum absolute atomic E-state index is 12.1. The standard InChI is InChI=1S/C15H21ClN2O3/c1-21-11-5-10-17-15(20)12-6-2-3-7-13(12)18-14(19)8-4-9-16/h2-3,6-7H,4-5,8-11H2,1H3,(H,17,20)(H,18,19). The van der Waals surface area contributed by atoms with Crippen LogP contribution >= 0.6 is 11.6 Å². The predicted octanol–water partition coefficient (Wildman–Crippen LogP) is 2.41. The number of carbonyl (C=O) groups is 2. The molecule has 2 amide bonds. The minimum atomic E-state index is -0.209. The first-order valence-corrected chi connectivity index (χ1v) is 7.44. The van der Waals surface area contributed by atoms with Gasteiger partial charge < -0.3 is 15.4 Å². The molecule has 1 aromatic rings. The van der Waals surface area contributed by atoms with Gasteiger partial charge in [-0.05, 0) is 25.0 Å². The number of alkyl halides is 1. The maximum atomic E-state index is 12.1. The quantitative estimate of drug-likeness (QED) is 0.543. The van der Waals surface area contributed by atoms with E-state index in [-0.39, 0.29) is 11.8 Å².